The summed E-state index contributed by atoms with van der Waals surface area (Å²) in [6.07, 6.45) is 2.05. The van der Waals surface area contributed by atoms with Crippen LogP contribution in [-0.2, 0) is 24.3 Å². The molecule has 0 saturated heterocycles. The monoisotopic (exact) mass is 370 g/mol. The van der Waals surface area contributed by atoms with Crippen molar-refractivity contribution in [2.75, 3.05) is 6.54 Å². The fourth-order valence-electron chi connectivity index (χ4n) is 2.40. The number of rotatable bonds is 7. The maximum Gasteiger partial charge on any atom is 0.407 e. The van der Waals surface area contributed by atoms with Crippen LogP contribution in [0.2, 0.25) is 5.02 Å². The van der Waals surface area contributed by atoms with Crippen LogP contribution >= 0.6 is 11.6 Å². The van der Waals surface area contributed by atoms with Crippen molar-refractivity contribution in [1.29, 1.82) is 0 Å². The van der Waals surface area contributed by atoms with Crippen LogP contribution in [0.4, 0.5) is 4.79 Å². The lowest BCUT2D eigenvalue weighted by Crippen LogP contribution is -2.26. The summed E-state index contributed by atoms with van der Waals surface area (Å²) in [5.74, 6) is 0. The molecule has 0 spiro atoms. The van der Waals surface area contributed by atoms with E-state index in [1.165, 1.54) is 0 Å². The molecule has 0 aliphatic heterocycles. The first-order chi connectivity index (χ1) is 12.7. The van der Waals surface area contributed by atoms with Gasteiger partial charge in [0.25, 0.3) is 0 Å². The number of hydrogen-bond acceptors (Lipinski definition) is 4. The van der Waals surface area contributed by atoms with Gasteiger partial charge in [-0.3, -0.25) is 0 Å². The van der Waals surface area contributed by atoms with Crippen LogP contribution in [0.1, 0.15) is 16.8 Å². The lowest BCUT2D eigenvalue weighted by atomic mass is 10.1. The normalized spacial score (nSPS) is 10.5. The van der Waals surface area contributed by atoms with E-state index < -0.39 is 6.09 Å². The van der Waals surface area contributed by atoms with Gasteiger partial charge in [0.2, 0.25) is 0 Å². The van der Waals surface area contributed by atoms with Gasteiger partial charge in [0, 0.05) is 11.6 Å². The molecule has 6 nitrogen and oxygen atoms in total. The molecule has 0 aliphatic rings. The molecule has 0 atom stereocenters. The summed E-state index contributed by atoms with van der Waals surface area (Å²) in [6, 6.07) is 17.5. The Hall–Kier alpha value is -2.86. The third-order valence-corrected chi connectivity index (χ3v) is 3.97. The Morgan fingerprint density at radius 1 is 1.08 bits per heavy atom. The number of ether oxygens (including phenoxy) is 1. The number of aromatic nitrogens is 3. The second-order valence-electron chi connectivity index (χ2n) is 5.77. The van der Waals surface area contributed by atoms with Crippen molar-refractivity contribution in [3.63, 3.8) is 0 Å². The van der Waals surface area contributed by atoms with Crippen LogP contribution in [0, 0.1) is 0 Å². The number of benzene rings is 2. The quantitative estimate of drug-likeness (QED) is 0.691. The van der Waals surface area contributed by atoms with Crippen molar-refractivity contribution in [3.05, 3.63) is 82.6 Å². The van der Waals surface area contributed by atoms with Gasteiger partial charge in [-0.05, 0) is 29.7 Å². The van der Waals surface area contributed by atoms with E-state index in [9.17, 15) is 4.79 Å². The number of nitrogens with one attached hydrogen (secondary N) is 1. The van der Waals surface area contributed by atoms with Gasteiger partial charge in [-0.25, -0.2) is 9.48 Å². The van der Waals surface area contributed by atoms with E-state index in [2.05, 4.69) is 15.6 Å². The molecule has 3 rings (SSSR count). The van der Waals surface area contributed by atoms with Crippen molar-refractivity contribution in [2.24, 2.45) is 0 Å². The van der Waals surface area contributed by atoms with E-state index in [1.807, 2.05) is 54.6 Å². The molecular weight excluding hydrogens is 352 g/mol. The van der Waals surface area contributed by atoms with Crippen LogP contribution in [0.15, 0.2) is 60.8 Å². The zero-order valence-corrected chi connectivity index (χ0v) is 14.9. The molecule has 0 unspecified atom stereocenters. The van der Waals surface area contributed by atoms with Crippen LogP contribution in [0.5, 0.6) is 0 Å². The SMILES string of the molecule is O=C(NCCc1ccccc1)OCc1cn(Cc2ccc(Cl)cc2)nn1. The summed E-state index contributed by atoms with van der Waals surface area (Å²) in [5, 5.41) is 11.5. The highest BCUT2D eigenvalue weighted by Gasteiger charge is 2.06. The van der Waals surface area contributed by atoms with Gasteiger partial charge in [0.05, 0.1) is 12.7 Å². The lowest BCUT2D eigenvalue weighted by Gasteiger charge is -2.05. The molecule has 134 valence electrons. The number of hydrogen-bond donors (Lipinski definition) is 1. The van der Waals surface area contributed by atoms with E-state index in [1.54, 1.807) is 10.9 Å². The molecule has 0 radical (unpaired) electrons. The van der Waals surface area contributed by atoms with Gasteiger partial charge in [0.1, 0.15) is 12.3 Å². The molecule has 26 heavy (non-hydrogen) atoms. The Balaban J connectivity index is 1.40. The van der Waals surface area contributed by atoms with Gasteiger partial charge in [0.15, 0.2) is 0 Å². The van der Waals surface area contributed by atoms with Gasteiger partial charge in [-0.15, -0.1) is 5.10 Å². The molecule has 2 aromatic carbocycles. The first-order valence-corrected chi connectivity index (χ1v) is 8.65. The Morgan fingerprint density at radius 2 is 1.85 bits per heavy atom. The van der Waals surface area contributed by atoms with Crippen molar-refractivity contribution in [2.45, 2.75) is 19.6 Å². The first kappa shape index (κ1) is 17.9. The third-order valence-electron chi connectivity index (χ3n) is 3.72. The van der Waals surface area contributed by atoms with Crippen molar-refractivity contribution in [3.8, 4) is 0 Å². The van der Waals surface area contributed by atoms with Crippen LogP contribution < -0.4 is 5.32 Å². The Morgan fingerprint density at radius 3 is 2.62 bits per heavy atom. The Kier molecular flexibility index (Phi) is 6.22. The summed E-state index contributed by atoms with van der Waals surface area (Å²) in [6.45, 7) is 1.18. The molecule has 1 amide bonds. The molecule has 7 heteroatoms. The third kappa shape index (κ3) is 5.60. The summed E-state index contributed by atoms with van der Waals surface area (Å²) >= 11 is 5.87. The summed E-state index contributed by atoms with van der Waals surface area (Å²) in [7, 11) is 0. The van der Waals surface area contributed by atoms with E-state index in [0.29, 0.717) is 23.8 Å². The number of carbonyl (C=O) groups is 1. The number of alkyl carbamates (subject to hydrolysis) is 1. The molecule has 0 fully saturated rings. The Labute approximate surface area is 156 Å². The van der Waals surface area contributed by atoms with Gasteiger partial charge < -0.3 is 10.1 Å². The largest absolute Gasteiger partial charge is 0.443 e. The zero-order chi connectivity index (χ0) is 18.2. The van der Waals surface area contributed by atoms with Gasteiger partial charge in [-0.1, -0.05) is 59.3 Å². The average molecular weight is 371 g/mol. The first-order valence-electron chi connectivity index (χ1n) is 8.27. The average Bonchev–Trinajstić information content (AvgIpc) is 3.10. The standard InChI is InChI=1S/C19H19ClN4O2/c20-17-8-6-16(7-9-17)12-24-13-18(22-23-24)14-26-19(25)21-11-10-15-4-2-1-3-5-15/h1-9,13H,10-12,14H2,(H,21,25). The van der Waals surface area contributed by atoms with Crippen LogP contribution in [0.25, 0.3) is 0 Å². The lowest BCUT2D eigenvalue weighted by molar-refractivity contribution is 0.138. The molecule has 1 heterocycles. The molecule has 1 N–H and O–H groups in total. The van der Waals surface area contributed by atoms with E-state index in [4.69, 9.17) is 16.3 Å². The minimum atomic E-state index is -0.465. The number of carbonyl (C=O) groups excluding carboxylic acids is 1. The highest BCUT2D eigenvalue weighted by atomic mass is 35.5. The number of halogens is 1. The van der Waals surface area contributed by atoms with Crippen molar-refractivity contribution >= 4 is 17.7 Å². The number of amides is 1. The second kappa shape index (κ2) is 9.01. The summed E-state index contributed by atoms with van der Waals surface area (Å²) < 4.78 is 6.85. The maximum absolute atomic E-state index is 11.7. The summed E-state index contributed by atoms with van der Waals surface area (Å²) in [5.41, 5.74) is 2.82. The molecule has 0 saturated carbocycles. The van der Waals surface area contributed by atoms with E-state index in [-0.39, 0.29) is 6.61 Å². The van der Waals surface area contributed by atoms with Gasteiger partial charge >= 0.3 is 6.09 Å². The highest BCUT2D eigenvalue weighted by molar-refractivity contribution is 6.30. The topological polar surface area (TPSA) is 69.0 Å². The zero-order valence-electron chi connectivity index (χ0n) is 14.1. The minimum absolute atomic E-state index is 0.0811. The summed E-state index contributed by atoms with van der Waals surface area (Å²) in [4.78, 5) is 11.7. The fourth-order valence-corrected chi connectivity index (χ4v) is 2.53. The molecule has 0 aliphatic carbocycles. The maximum atomic E-state index is 11.7. The molecule has 1 aromatic heterocycles. The fraction of sp³-hybridized carbons (Fsp3) is 0.211. The van der Waals surface area contributed by atoms with Crippen molar-refractivity contribution in [1.82, 2.24) is 20.3 Å². The van der Waals surface area contributed by atoms with Crippen LogP contribution in [-0.4, -0.2) is 27.6 Å². The van der Waals surface area contributed by atoms with Gasteiger partial charge in [-0.2, -0.15) is 0 Å². The molecule has 0 bridgehead atoms. The van der Waals surface area contributed by atoms with Crippen LogP contribution in [0.3, 0.4) is 0 Å². The molecule has 3 aromatic rings. The van der Waals surface area contributed by atoms with E-state index in [0.717, 1.165) is 17.5 Å². The smallest absolute Gasteiger partial charge is 0.407 e. The van der Waals surface area contributed by atoms with E-state index >= 15 is 0 Å². The Bertz CT molecular complexity index is 834. The minimum Gasteiger partial charge on any atom is -0.443 e. The molecular formula is C19H19ClN4O2. The second-order valence-corrected chi connectivity index (χ2v) is 6.21. The predicted octanol–water partition coefficient (Wildman–Crippen LogP) is 3.45. The van der Waals surface area contributed by atoms with Crippen molar-refractivity contribution < 1.29 is 9.53 Å². The highest BCUT2D eigenvalue weighted by Crippen LogP contribution is 2.10. The predicted molar refractivity (Wildman–Crippen MR) is 98.9 cm³/mol. The number of nitrogens with zero attached hydrogens (tertiary/aromatic N) is 3.